The minimum Gasteiger partial charge on any atom is -0.494 e. The third-order valence-corrected chi connectivity index (χ3v) is 7.30. The number of aryl methyl sites for hydroxylation is 1. The van der Waals surface area contributed by atoms with Crippen LogP contribution in [-0.4, -0.2) is 49.0 Å². The van der Waals surface area contributed by atoms with Gasteiger partial charge in [0.25, 0.3) is 0 Å². The Morgan fingerprint density at radius 3 is 2.61 bits per heavy atom. The predicted octanol–water partition coefficient (Wildman–Crippen LogP) is 5.29. The molecule has 2 aromatic carbocycles. The fourth-order valence-corrected chi connectivity index (χ4v) is 5.27. The number of carbonyl (C=O) groups excluding carboxylic acids is 1. The van der Waals surface area contributed by atoms with Crippen molar-refractivity contribution in [3.05, 3.63) is 62.9 Å². The molecular formula is C24H27Cl2FN2O2. The Kier molecular flexibility index (Phi) is 6.75. The second-order valence-electron chi connectivity index (χ2n) is 8.41. The van der Waals surface area contributed by atoms with Crippen molar-refractivity contribution in [3.8, 4) is 5.75 Å². The summed E-state index contributed by atoms with van der Waals surface area (Å²) in [6.45, 7) is 2.06. The first kappa shape index (κ1) is 22.4. The molecule has 1 heterocycles. The van der Waals surface area contributed by atoms with Crippen LogP contribution in [0.2, 0.25) is 10.0 Å². The summed E-state index contributed by atoms with van der Waals surface area (Å²) in [6, 6.07) is 8.66. The normalized spacial score (nSPS) is 21.1. The zero-order chi connectivity index (χ0) is 22.1. The molecule has 2 atom stereocenters. The third-order valence-electron chi connectivity index (χ3n) is 6.57. The second kappa shape index (κ2) is 9.35. The van der Waals surface area contributed by atoms with Crippen molar-refractivity contribution >= 4 is 29.1 Å². The minimum atomic E-state index is -0.357. The molecule has 4 rings (SSSR count). The van der Waals surface area contributed by atoms with Crippen LogP contribution in [0.1, 0.15) is 42.0 Å². The molecule has 2 aliphatic rings. The minimum absolute atomic E-state index is 0.0104. The number of likely N-dealkylation sites (tertiary alicyclic amines) is 1. The molecule has 7 heteroatoms. The highest BCUT2D eigenvalue weighted by molar-refractivity contribution is 6.42. The van der Waals surface area contributed by atoms with Gasteiger partial charge >= 0.3 is 0 Å². The van der Waals surface area contributed by atoms with Gasteiger partial charge < -0.3 is 9.64 Å². The summed E-state index contributed by atoms with van der Waals surface area (Å²) >= 11 is 12.2. The summed E-state index contributed by atoms with van der Waals surface area (Å²) in [5.41, 5.74) is 2.75. The molecule has 0 saturated carbocycles. The van der Waals surface area contributed by atoms with Crippen LogP contribution in [0.15, 0.2) is 30.3 Å². The second-order valence-corrected chi connectivity index (χ2v) is 9.22. The van der Waals surface area contributed by atoms with Crippen LogP contribution in [0.5, 0.6) is 5.75 Å². The fraction of sp³-hybridized carbons (Fsp3) is 0.458. The molecule has 0 N–H and O–H groups in total. The number of carbonyl (C=O) groups is 1. The number of hydrogen-bond donors (Lipinski definition) is 0. The van der Waals surface area contributed by atoms with Gasteiger partial charge in [0.1, 0.15) is 0 Å². The van der Waals surface area contributed by atoms with Crippen LogP contribution in [0.3, 0.4) is 0 Å². The van der Waals surface area contributed by atoms with E-state index in [-0.39, 0.29) is 36.0 Å². The van der Waals surface area contributed by atoms with E-state index >= 15 is 0 Å². The van der Waals surface area contributed by atoms with Gasteiger partial charge in [0.15, 0.2) is 11.6 Å². The number of benzene rings is 2. The van der Waals surface area contributed by atoms with E-state index in [1.54, 1.807) is 24.3 Å². The van der Waals surface area contributed by atoms with Gasteiger partial charge in [0.05, 0.1) is 29.6 Å². The van der Waals surface area contributed by atoms with Crippen molar-refractivity contribution < 1.29 is 13.9 Å². The van der Waals surface area contributed by atoms with Gasteiger partial charge in [-0.25, -0.2) is 4.39 Å². The maximum Gasteiger partial charge on any atom is 0.227 e. The van der Waals surface area contributed by atoms with E-state index in [4.69, 9.17) is 27.9 Å². The number of likely N-dealkylation sites (N-methyl/N-ethyl adjacent to an activating group) is 1. The lowest BCUT2D eigenvalue weighted by atomic mass is 9.82. The molecule has 31 heavy (non-hydrogen) atoms. The highest BCUT2D eigenvalue weighted by Crippen LogP contribution is 2.40. The molecule has 1 aliphatic heterocycles. The molecule has 1 fully saturated rings. The van der Waals surface area contributed by atoms with E-state index in [0.29, 0.717) is 10.0 Å². The predicted molar refractivity (Wildman–Crippen MR) is 122 cm³/mol. The Morgan fingerprint density at radius 2 is 1.94 bits per heavy atom. The summed E-state index contributed by atoms with van der Waals surface area (Å²) in [5, 5.41) is 0.906. The topological polar surface area (TPSA) is 32.8 Å². The summed E-state index contributed by atoms with van der Waals surface area (Å²) in [5.74, 6) is -0.149. The smallest absolute Gasteiger partial charge is 0.227 e. The van der Waals surface area contributed by atoms with Crippen LogP contribution in [0.25, 0.3) is 0 Å². The Labute approximate surface area is 192 Å². The van der Waals surface area contributed by atoms with Gasteiger partial charge in [-0.1, -0.05) is 29.3 Å². The molecule has 166 valence electrons. The number of rotatable bonds is 5. The summed E-state index contributed by atoms with van der Waals surface area (Å²) in [4.78, 5) is 17.6. The molecule has 0 spiro atoms. The zero-order valence-corrected chi connectivity index (χ0v) is 19.3. The summed E-state index contributed by atoms with van der Waals surface area (Å²) < 4.78 is 19.6. The average molecular weight is 465 g/mol. The van der Waals surface area contributed by atoms with E-state index < -0.39 is 0 Å². The molecule has 0 radical (unpaired) electrons. The lowest BCUT2D eigenvalue weighted by Gasteiger charge is -2.43. The van der Waals surface area contributed by atoms with Gasteiger partial charge in [-0.05, 0) is 79.7 Å². The van der Waals surface area contributed by atoms with Crippen LogP contribution < -0.4 is 4.74 Å². The van der Waals surface area contributed by atoms with Gasteiger partial charge in [0, 0.05) is 13.1 Å². The molecule has 4 nitrogen and oxygen atoms in total. The maximum atomic E-state index is 14.4. The van der Waals surface area contributed by atoms with Gasteiger partial charge in [-0.3, -0.25) is 9.69 Å². The molecule has 2 aromatic rings. The summed E-state index contributed by atoms with van der Waals surface area (Å²) in [7, 11) is 3.32. The van der Waals surface area contributed by atoms with E-state index in [2.05, 4.69) is 4.90 Å². The summed E-state index contributed by atoms with van der Waals surface area (Å²) in [6.07, 6.45) is 4.26. The molecule has 0 aromatic heterocycles. The zero-order valence-electron chi connectivity index (χ0n) is 17.8. The Bertz CT molecular complexity index is 978. The Hall–Kier alpha value is -1.82. The van der Waals surface area contributed by atoms with Crippen molar-refractivity contribution in [3.63, 3.8) is 0 Å². The van der Waals surface area contributed by atoms with E-state index in [0.717, 1.165) is 42.6 Å². The number of nitrogens with zero attached hydrogens (tertiary/aromatic N) is 2. The van der Waals surface area contributed by atoms with E-state index in [1.165, 1.54) is 20.0 Å². The number of ether oxygens (including phenoxy) is 1. The van der Waals surface area contributed by atoms with Crippen LogP contribution >= 0.6 is 23.2 Å². The van der Waals surface area contributed by atoms with Gasteiger partial charge in [0.2, 0.25) is 5.91 Å². The highest BCUT2D eigenvalue weighted by atomic mass is 35.5. The monoisotopic (exact) mass is 464 g/mol. The van der Waals surface area contributed by atoms with Crippen LogP contribution in [-0.2, 0) is 17.6 Å². The standard InChI is InChI=1S/C24H27Cl2FN2O2/c1-28(23(30)12-15-5-7-18(25)19(26)11-15)24-17-14-22(31-2)20(27)13-16(17)6-8-21(24)29-9-3-4-10-29/h5,7,11,13-14,21,24H,3-4,6,8-10,12H2,1-2H3/t21-,24-/m0/s1. The first-order chi connectivity index (χ1) is 14.9. The SMILES string of the molecule is COc1cc2c(cc1F)CC[C@H](N1CCCC1)[C@H]2N(C)C(=O)Cc1ccc(Cl)c(Cl)c1. The molecule has 0 unspecified atom stereocenters. The molecule has 0 bridgehead atoms. The molecular weight excluding hydrogens is 438 g/mol. The van der Waals surface area contributed by atoms with Crippen molar-refractivity contribution in [2.75, 3.05) is 27.2 Å². The average Bonchev–Trinajstić information content (AvgIpc) is 3.29. The molecule has 1 amide bonds. The Balaban J connectivity index is 1.67. The fourth-order valence-electron chi connectivity index (χ4n) is 4.95. The Morgan fingerprint density at radius 1 is 1.19 bits per heavy atom. The van der Waals surface area contributed by atoms with Crippen LogP contribution in [0, 0.1) is 5.82 Å². The van der Waals surface area contributed by atoms with Crippen molar-refractivity contribution in [2.45, 2.75) is 44.2 Å². The maximum absolute atomic E-state index is 14.4. The molecule has 1 aliphatic carbocycles. The first-order valence-electron chi connectivity index (χ1n) is 10.7. The number of halogens is 3. The quantitative estimate of drug-likeness (QED) is 0.602. The third kappa shape index (κ3) is 4.55. The number of hydrogen-bond acceptors (Lipinski definition) is 3. The van der Waals surface area contributed by atoms with Crippen molar-refractivity contribution in [1.82, 2.24) is 9.80 Å². The number of methoxy groups -OCH3 is 1. The molecule has 1 saturated heterocycles. The first-order valence-corrected chi connectivity index (χ1v) is 11.4. The largest absolute Gasteiger partial charge is 0.494 e. The van der Waals surface area contributed by atoms with Crippen molar-refractivity contribution in [1.29, 1.82) is 0 Å². The van der Waals surface area contributed by atoms with Crippen LogP contribution in [0.4, 0.5) is 4.39 Å². The van der Waals surface area contributed by atoms with Gasteiger partial charge in [-0.2, -0.15) is 0 Å². The highest BCUT2D eigenvalue weighted by Gasteiger charge is 2.39. The van der Waals surface area contributed by atoms with E-state index in [9.17, 15) is 9.18 Å². The number of fused-ring (bicyclic) bond motifs is 1. The lowest BCUT2D eigenvalue weighted by molar-refractivity contribution is -0.133. The van der Waals surface area contributed by atoms with Crippen molar-refractivity contribution in [2.24, 2.45) is 0 Å². The lowest BCUT2D eigenvalue weighted by Crippen LogP contribution is -2.48. The number of amides is 1. The van der Waals surface area contributed by atoms with Gasteiger partial charge in [-0.15, -0.1) is 0 Å². The van der Waals surface area contributed by atoms with E-state index in [1.807, 2.05) is 18.0 Å².